The van der Waals surface area contributed by atoms with Gasteiger partial charge in [-0.1, -0.05) is 58.4 Å². The lowest BCUT2D eigenvalue weighted by Crippen LogP contribution is -2.80. The number of benzene rings is 1. The van der Waals surface area contributed by atoms with Gasteiger partial charge in [-0.2, -0.15) is 0 Å². The number of esters is 3. The lowest BCUT2D eigenvalue weighted by atomic mass is 9.43. The molecule has 1 saturated heterocycles. The van der Waals surface area contributed by atoms with Gasteiger partial charge in [0.2, 0.25) is 0 Å². The van der Waals surface area contributed by atoms with Crippen LogP contribution in [0.5, 0.6) is 0 Å². The molecule has 0 N–H and O–H groups in total. The Hall–Kier alpha value is -2.69. The number of hydrogen-bond acceptors (Lipinski definition) is 10. The molecule has 9 nitrogen and oxygen atoms in total. The van der Waals surface area contributed by atoms with E-state index in [4.69, 9.17) is 24.5 Å². The summed E-state index contributed by atoms with van der Waals surface area (Å²) in [7, 11) is 0. The van der Waals surface area contributed by atoms with E-state index in [9.17, 15) is 14.4 Å². The van der Waals surface area contributed by atoms with Gasteiger partial charge in [0.25, 0.3) is 0 Å². The summed E-state index contributed by atoms with van der Waals surface area (Å²) in [5.74, 6) is -3.57. The quantitative estimate of drug-likeness (QED) is 0.152. The van der Waals surface area contributed by atoms with Crippen LogP contribution in [0.15, 0.2) is 41.5 Å². The van der Waals surface area contributed by atoms with Crippen molar-refractivity contribution in [3.05, 3.63) is 47.0 Å². The highest BCUT2D eigenvalue weighted by Gasteiger charge is 2.78. The number of hydrogen-bond donors (Lipinski definition) is 0. The summed E-state index contributed by atoms with van der Waals surface area (Å²) >= 11 is 0.946. The highest BCUT2D eigenvalue weighted by Crippen LogP contribution is 2.67. The van der Waals surface area contributed by atoms with Gasteiger partial charge in [0, 0.05) is 25.4 Å². The molecule has 0 amide bonds. The Morgan fingerprint density at radius 1 is 1.07 bits per heavy atom. The number of rotatable bonds is 7. The van der Waals surface area contributed by atoms with Gasteiger partial charge in [-0.15, -0.1) is 0 Å². The summed E-state index contributed by atoms with van der Waals surface area (Å²) in [4.78, 5) is 56.0. The Bertz CT molecular complexity index is 1490. The van der Waals surface area contributed by atoms with Gasteiger partial charge in [0.15, 0.2) is 17.5 Å². The molecule has 9 atom stereocenters. The summed E-state index contributed by atoms with van der Waals surface area (Å²) in [5, 5.41) is 0. The summed E-state index contributed by atoms with van der Waals surface area (Å²) in [5.41, 5.74) is -3.20. The summed E-state index contributed by atoms with van der Waals surface area (Å²) < 4.78 is 40.4. The molecular weight excluding hydrogens is 608 g/mol. The zero-order valence-corrected chi connectivity index (χ0v) is 28.6. The predicted molar refractivity (Wildman–Crippen MR) is 170 cm³/mol. The standard InChI is InChI=1S/C36H46O9S/c1-19-17-36(45-46-8)30(43-31(39)23-12-10-9-11-13-23)28-34(7,29(38)27(42-22(4)37)26(21(19)3)33(36,5)6)20(2)16-25-35(28,18-41-25)44-32(40)24-14-15-24/h9-13,19-20,24-25,27-28,30H,14-18H2,1-8H3/t19-,20-,25+,27+,28?,30-,34+,35-,36+/m0/s1/i8D. The molecule has 0 spiro atoms. The summed E-state index contributed by atoms with van der Waals surface area (Å²) in [6.45, 7) is 12.9. The normalized spacial score (nSPS) is 39.8. The van der Waals surface area contributed by atoms with Crippen LogP contribution in [0, 0.1) is 34.5 Å². The zero-order chi connectivity index (χ0) is 34.1. The maximum absolute atomic E-state index is 15.4. The minimum absolute atomic E-state index is 0.0212. The van der Waals surface area contributed by atoms with Gasteiger partial charge in [-0.3, -0.25) is 14.4 Å². The Balaban J connectivity index is 1.67. The topological polar surface area (TPSA) is 114 Å². The first-order valence-corrected chi connectivity index (χ1v) is 17.2. The summed E-state index contributed by atoms with van der Waals surface area (Å²) in [6, 6.07) is 8.66. The van der Waals surface area contributed by atoms with Crippen molar-refractivity contribution in [1.82, 2.24) is 0 Å². The molecule has 4 fully saturated rings. The molecule has 3 saturated carbocycles. The van der Waals surface area contributed by atoms with Crippen LogP contribution < -0.4 is 0 Å². The molecule has 250 valence electrons. The van der Waals surface area contributed by atoms with E-state index in [-0.39, 0.29) is 42.3 Å². The first-order valence-electron chi connectivity index (χ1n) is 17.0. The molecule has 10 heteroatoms. The number of allylic oxidation sites excluding steroid dienone is 1. The Morgan fingerprint density at radius 3 is 2.35 bits per heavy atom. The van der Waals surface area contributed by atoms with Crippen LogP contribution in [0.1, 0.15) is 85.9 Å². The van der Waals surface area contributed by atoms with Crippen molar-refractivity contribution in [2.24, 2.45) is 34.5 Å². The van der Waals surface area contributed by atoms with Gasteiger partial charge in [-0.25, -0.2) is 4.79 Å². The number of ketones is 1. The largest absolute Gasteiger partial charge is 0.455 e. The molecule has 1 heterocycles. The van der Waals surface area contributed by atoms with Gasteiger partial charge >= 0.3 is 17.9 Å². The third kappa shape index (κ3) is 4.72. The van der Waals surface area contributed by atoms with Crippen LogP contribution in [0.2, 0.25) is 0 Å². The van der Waals surface area contributed by atoms with Crippen molar-refractivity contribution in [2.75, 3.05) is 12.8 Å². The minimum Gasteiger partial charge on any atom is -0.455 e. The van der Waals surface area contributed by atoms with E-state index in [0.29, 0.717) is 24.0 Å². The number of fused-ring (bicyclic) bond motifs is 5. The van der Waals surface area contributed by atoms with Crippen molar-refractivity contribution < 1.29 is 43.7 Å². The van der Waals surface area contributed by atoms with Crippen LogP contribution in [-0.4, -0.2) is 66.0 Å². The van der Waals surface area contributed by atoms with Gasteiger partial charge in [-0.05, 0) is 74.2 Å². The van der Waals surface area contributed by atoms with E-state index in [1.54, 1.807) is 24.3 Å². The van der Waals surface area contributed by atoms with Crippen molar-refractivity contribution in [3.8, 4) is 0 Å². The molecule has 1 unspecified atom stereocenters. The van der Waals surface area contributed by atoms with Crippen LogP contribution >= 0.6 is 12.0 Å². The van der Waals surface area contributed by atoms with E-state index < -0.39 is 58.2 Å². The Labute approximate surface area is 277 Å². The third-order valence-electron chi connectivity index (χ3n) is 12.1. The van der Waals surface area contributed by atoms with Gasteiger partial charge in [0.05, 0.1) is 24.0 Å². The van der Waals surface area contributed by atoms with E-state index in [1.165, 1.54) is 6.92 Å². The molecule has 2 bridgehead atoms. The maximum Gasteiger partial charge on any atom is 0.338 e. The lowest BCUT2D eigenvalue weighted by molar-refractivity contribution is -0.338. The Morgan fingerprint density at radius 2 is 1.76 bits per heavy atom. The number of ether oxygens (including phenoxy) is 4. The van der Waals surface area contributed by atoms with E-state index in [0.717, 1.165) is 30.5 Å². The smallest absolute Gasteiger partial charge is 0.338 e. The lowest BCUT2D eigenvalue weighted by Gasteiger charge is -2.68. The second-order valence-electron chi connectivity index (χ2n) is 14.8. The second-order valence-corrected chi connectivity index (χ2v) is 15.2. The maximum atomic E-state index is 15.4. The van der Waals surface area contributed by atoms with Crippen LogP contribution in [-0.2, 0) is 37.5 Å². The van der Waals surface area contributed by atoms with Crippen LogP contribution in [0.4, 0.5) is 0 Å². The Kier molecular flexibility index (Phi) is 7.96. The van der Waals surface area contributed by atoms with Crippen LogP contribution in [0.3, 0.4) is 0 Å². The molecule has 4 aliphatic carbocycles. The van der Waals surface area contributed by atoms with Crippen molar-refractivity contribution in [1.29, 1.82) is 0 Å². The first-order chi connectivity index (χ1) is 22.2. The predicted octanol–water partition coefficient (Wildman–Crippen LogP) is 5.90. The number of carbonyl (C=O) groups is 4. The molecule has 6 rings (SSSR count). The number of Topliss-reactive ketones (excluding diaryl/α,β-unsaturated/α-hetero) is 1. The van der Waals surface area contributed by atoms with E-state index >= 15 is 4.79 Å². The average Bonchev–Trinajstić information content (AvgIpc) is 3.87. The molecule has 5 aliphatic rings. The molecule has 0 aromatic heterocycles. The SMILES string of the molecule is [2H]CSO[C@]12C[C@H](C)C(C)=C([C@@H](OC(C)=O)C(=O)[C@@]3(C)C([C@@H]1OC(=O)c1ccccc1)[C@]1(OC(=O)C4CC4)CO[C@@H]1C[C@@H]3C)C2(C)C. The zero-order valence-electron chi connectivity index (χ0n) is 28.8. The van der Waals surface area contributed by atoms with Crippen molar-refractivity contribution in [3.63, 3.8) is 0 Å². The average molecular weight is 656 g/mol. The van der Waals surface area contributed by atoms with Crippen molar-refractivity contribution in [2.45, 2.75) is 104 Å². The third-order valence-corrected chi connectivity index (χ3v) is 12.5. The molecule has 1 aliphatic heterocycles. The highest BCUT2D eigenvalue weighted by molar-refractivity contribution is 7.93. The number of carbonyl (C=O) groups excluding carboxylic acids is 4. The van der Waals surface area contributed by atoms with E-state index in [2.05, 4.69) is 0 Å². The second kappa shape index (κ2) is 11.5. The monoisotopic (exact) mass is 655 g/mol. The fraction of sp³-hybridized carbons (Fsp3) is 0.667. The summed E-state index contributed by atoms with van der Waals surface area (Å²) in [6.07, 6.45) is -0.829. The molecule has 1 aromatic carbocycles. The van der Waals surface area contributed by atoms with E-state index in [1.807, 2.05) is 47.6 Å². The highest BCUT2D eigenvalue weighted by atomic mass is 32.2. The minimum atomic E-state index is -1.35. The molecule has 1 aromatic rings. The first kappa shape index (κ1) is 31.9. The fourth-order valence-electron chi connectivity index (χ4n) is 9.05. The molecule has 46 heavy (non-hydrogen) atoms. The molecule has 0 radical (unpaired) electrons. The fourth-order valence-corrected chi connectivity index (χ4v) is 9.63. The molecular formula is C36H46O9S. The van der Waals surface area contributed by atoms with Gasteiger partial charge < -0.3 is 23.1 Å². The van der Waals surface area contributed by atoms with Crippen LogP contribution in [0.25, 0.3) is 0 Å². The van der Waals surface area contributed by atoms with Gasteiger partial charge in [0.1, 0.15) is 17.8 Å². The van der Waals surface area contributed by atoms with Crippen molar-refractivity contribution >= 4 is 35.7 Å².